The number of phenols is 1. The summed E-state index contributed by atoms with van der Waals surface area (Å²) < 4.78 is 13.2. The molecule has 2 rings (SSSR count). The molecule has 2 aromatic rings. The lowest BCUT2D eigenvalue weighted by atomic mass is 10.0. The topological polar surface area (TPSA) is 20.2 Å². The molecular formula is C16H15FO. The fraction of sp³-hybridized carbons (Fsp3) is 0.125. The van der Waals surface area contributed by atoms with E-state index in [-0.39, 0.29) is 11.6 Å². The second-order valence-electron chi connectivity index (χ2n) is 4.38. The third-order valence-electron chi connectivity index (χ3n) is 2.89. The number of aryl methyl sites for hydroxylation is 1. The van der Waals surface area contributed by atoms with Crippen molar-refractivity contribution in [1.82, 2.24) is 0 Å². The molecule has 0 aliphatic carbocycles. The van der Waals surface area contributed by atoms with Gasteiger partial charge in [-0.15, -0.1) is 0 Å². The Hall–Kier alpha value is -2.09. The number of hydrogen-bond acceptors (Lipinski definition) is 1. The Bertz CT molecular complexity index is 583. The second kappa shape index (κ2) is 5.05. The summed E-state index contributed by atoms with van der Waals surface area (Å²) in [5.41, 5.74) is 3.72. The number of phenolic OH excluding ortho intramolecular Hbond substituents is 1. The molecule has 0 saturated carbocycles. The van der Waals surface area contributed by atoms with E-state index in [1.165, 1.54) is 6.07 Å². The van der Waals surface area contributed by atoms with Crippen LogP contribution in [0.1, 0.15) is 23.6 Å². The SMILES string of the molecule is C/C(=C/c1ccc(F)c(C)c1)c1ccc(O)cc1. The molecule has 0 bridgehead atoms. The molecule has 0 radical (unpaired) electrons. The van der Waals surface area contributed by atoms with Gasteiger partial charge in [0.25, 0.3) is 0 Å². The summed E-state index contributed by atoms with van der Waals surface area (Å²) in [7, 11) is 0. The van der Waals surface area contributed by atoms with Crippen molar-refractivity contribution >= 4 is 11.6 Å². The minimum Gasteiger partial charge on any atom is -0.508 e. The van der Waals surface area contributed by atoms with Crippen LogP contribution in [0, 0.1) is 12.7 Å². The molecular weight excluding hydrogens is 227 g/mol. The molecule has 2 heteroatoms. The van der Waals surface area contributed by atoms with E-state index in [9.17, 15) is 9.50 Å². The highest BCUT2D eigenvalue weighted by molar-refractivity contribution is 5.80. The number of benzene rings is 2. The molecule has 0 atom stereocenters. The van der Waals surface area contributed by atoms with Crippen LogP contribution >= 0.6 is 0 Å². The van der Waals surface area contributed by atoms with Crippen molar-refractivity contribution in [3.63, 3.8) is 0 Å². The molecule has 0 spiro atoms. The zero-order chi connectivity index (χ0) is 13.1. The molecule has 0 saturated heterocycles. The molecule has 0 heterocycles. The molecule has 2 aromatic carbocycles. The Morgan fingerprint density at radius 1 is 1.11 bits per heavy atom. The molecule has 1 nitrogen and oxygen atoms in total. The monoisotopic (exact) mass is 242 g/mol. The maximum Gasteiger partial charge on any atom is 0.126 e. The van der Waals surface area contributed by atoms with Crippen molar-refractivity contribution in [1.29, 1.82) is 0 Å². The van der Waals surface area contributed by atoms with Crippen LogP contribution in [-0.4, -0.2) is 5.11 Å². The van der Waals surface area contributed by atoms with E-state index >= 15 is 0 Å². The highest BCUT2D eigenvalue weighted by atomic mass is 19.1. The average molecular weight is 242 g/mol. The van der Waals surface area contributed by atoms with Gasteiger partial charge in [-0.1, -0.05) is 24.3 Å². The number of rotatable bonds is 2. The molecule has 0 aliphatic rings. The maximum absolute atomic E-state index is 13.2. The van der Waals surface area contributed by atoms with Gasteiger partial charge >= 0.3 is 0 Å². The largest absolute Gasteiger partial charge is 0.508 e. The molecule has 92 valence electrons. The Balaban J connectivity index is 2.32. The van der Waals surface area contributed by atoms with Gasteiger partial charge in [0.2, 0.25) is 0 Å². The first-order valence-electron chi connectivity index (χ1n) is 5.80. The standard InChI is InChI=1S/C16H15FO/c1-11(14-4-6-15(18)7-5-14)9-13-3-8-16(17)12(2)10-13/h3-10,18H,1-2H3/b11-9-. The number of allylic oxidation sites excluding steroid dienone is 1. The van der Waals surface area contributed by atoms with Crippen LogP contribution in [0.5, 0.6) is 5.75 Å². The van der Waals surface area contributed by atoms with Crippen molar-refractivity contribution < 1.29 is 9.50 Å². The second-order valence-corrected chi connectivity index (χ2v) is 4.38. The number of aromatic hydroxyl groups is 1. The van der Waals surface area contributed by atoms with Gasteiger partial charge in [0.05, 0.1) is 0 Å². The molecule has 0 aliphatic heterocycles. The van der Waals surface area contributed by atoms with Crippen molar-refractivity contribution in [3.05, 3.63) is 65.0 Å². The van der Waals surface area contributed by atoms with Crippen molar-refractivity contribution in [3.8, 4) is 5.75 Å². The molecule has 18 heavy (non-hydrogen) atoms. The van der Waals surface area contributed by atoms with E-state index in [1.54, 1.807) is 25.1 Å². The minimum atomic E-state index is -0.186. The van der Waals surface area contributed by atoms with E-state index in [2.05, 4.69) is 0 Å². The van der Waals surface area contributed by atoms with Crippen LogP contribution < -0.4 is 0 Å². The maximum atomic E-state index is 13.2. The predicted molar refractivity (Wildman–Crippen MR) is 72.8 cm³/mol. The number of hydrogen-bond donors (Lipinski definition) is 1. The van der Waals surface area contributed by atoms with E-state index < -0.39 is 0 Å². The lowest BCUT2D eigenvalue weighted by Crippen LogP contribution is -1.84. The number of halogens is 1. The van der Waals surface area contributed by atoms with Crippen molar-refractivity contribution in [2.45, 2.75) is 13.8 Å². The van der Waals surface area contributed by atoms with Gasteiger partial charge in [0, 0.05) is 0 Å². The van der Waals surface area contributed by atoms with Crippen LogP contribution in [0.15, 0.2) is 42.5 Å². The molecule has 1 N–H and O–H groups in total. The van der Waals surface area contributed by atoms with Crippen molar-refractivity contribution in [2.24, 2.45) is 0 Å². The van der Waals surface area contributed by atoms with Gasteiger partial charge in [-0.2, -0.15) is 0 Å². The zero-order valence-electron chi connectivity index (χ0n) is 10.4. The highest BCUT2D eigenvalue weighted by Crippen LogP contribution is 2.21. The fourth-order valence-corrected chi connectivity index (χ4v) is 1.82. The first-order chi connectivity index (χ1) is 8.56. The van der Waals surface area contributed by atoms with Gasteiger partial charge in [0.15, 0.2) is 0 Å². The third kappa shape index (κ3) is 2.77. The van der Waals surface area contributed by atoms with Gasteiger partial charge in [-0.05, 0) is 60.4 Å². The fourth-order valence-electron chi connectivity index (χ4n) is 1.82. The van der Waals surface area contributed by atoms with E-state index in [4.69, 9.17) is 0 Å². The van der Waals surface area contributed by atoms with Crippen LogP contribution in [0.25, 0.3) is 11.6 Å². The summed E-state index contributed by atoms with van der Waals surface area (Å²) >= 11 is 0. The first-order valence-corrected chi connectivity index (χ1v) is 5.80. The Kier molecular flexibility index (Phi) is 3.47. The summed E-state index contributed by atoms with van der Waals surface area (Å²) in [5, 5.41) is 9.23. The molecule has 0 aromatic heterocycles. The van der Waals surface area contributed by atoms with Crippen molar-refractivity contribution in [2.75, 3.05) is 0 Å². The molecule has 0 unspecified atom stereocenters. The van der Waals surface area contributed by atoms with Gasteiger partial charge in [0.1, 0.15) is 11.6 Å². The van der Waals surface area contributed by atoms with E-state index in [1.807, 2.05) is 31.2 Å². The summed E-state index contributed by atoms with van der Waals surface area (Å²) in [6.07, 6.45) is 2.00. The summed E-state index contributed by atoms with van der Waals surface area (Å²) in [6.45, 7) is 3.74. The molecule has 0 fully saturated rings. The quantitative estimate of drug-likeness (QED) is 0.774. The van der Waals surface area contributed by atoms with E-state index in [0.29, 0.717) is 5.56 Å². The van der Waals surface area contributed by atoms with Crippen LogP contribution in [-0.2, 0) is 0 Å². The lowest BCUT2D eigenvalue weighted by Gasteiger charge is -2.03. The summed E-state index contributed by atoms with van der Waals surface area (Å²) in [6, 6.07) is 12.1. The lowest BCUT2D eigenvalue weighted by molar-refractivity contribution is 0.475. The summed E-state index contributed by atoms with van der Waals surface area (Å²) in [5.74, 6) is 0.0682. The normalized spacial score (nSPS) is 11.6. The predicted octanol–water partition coefficient (Wildman–Crippen LogP) is 4.40. The van der Waals surface area contributed by atoms with Crippen LogP contribution in [0.2, 0.25) is 0 Å². The Morgan fingerprint density at radius 2 is 1.78 bits per heavy atom. The smallest absolute Gasteiger partial charge is 0.126 e. The Morgan fingerprint density at radius 3 is 2.39 bits per heavy atom. The molecule has 0 amide bonds. The van der Waals surface area contributed by atoms with Crippen LogP contribution in [0.4, 0.5) is 4.39 Å². The average Bonchev–Trinajstić information content (AvgIpc) is 2.34. The van der Waals surface area contributed by atoms with Crippen LogP contribution in [0.3, 0.4) is 0 Å². The van der Waals surface area contributed by atoms with Gasteiger partial charge in [-0.25, -0.2) is 4.39 Å². The van der Waals surface area contributed by atoms with E-state index in [0.717, 1.165) is 16.7 Å². The van der Waals surface area contributed by atoms with Gasteiger partial charge in [-0.3, -0.25) is 0 Å². The highest BCUT2D eigenvalue weighted by Gasteiger charge is 1.99. The zero-order valence-corrected chi connectivity index (χ0v) is 10.4. The Labute approximate surface area is 106 Å². The minimum absolute atomic E-state index is 0.186. The first kappa shape index (κ1) is 12.4. The van der Waals surface area contributed by atoms with Gasteiger partial charge < -0.3 is 5.11 Å². The summed E-state index contributed by atoms with van der Waals surface area (Å²) in [4.78, 5) is 0. The third-order valence-corrected chi connectivity index (χ3v) is 2.89.